The SMILES string of the molecule is Cc1cc(F)cc(-c2ccnc3[nH]c(-c4n[nH]c5ncc(-c6cnccc6C)cc45)nc23)c1. The molecule has 0 saturated carbocycles. The van der Waals surface area contributed by atoms with Crippen molar-refractivity contribution in [1.29, 1.82) is 0 Å². The van der Waals surface area contributed by atoms with Gasteiger partial charge in [-0.15, -0.1) is 0 Å². The predicted octanol–water partition coefficient (Wildman–Crippen LogP) is 5.38. The first-order chi connectivity index (χ1) is 16.1. The third-order valence-corrected chi connectivity index (χ3v) is 5.73. The summed E-state index contributed by atoms with van der Waals surface area (Å²) in [7, 11) is 0. The number of pyridine rings is 3. The van der Waals surface area contributed by atoms with Gasteiger partial charge in [-0.1, -0.05) is 6.07 Å². The summed E-state index contributed by atoms with van der Waals surface area (Å²) in [4.78, 5) is 21.3. The summed E-state index contributed by atoms with van der Waals surface area (Å²) in [5.41, 5.74) is 8.01. The van der Waals surface area contributed by atoms with Gasteiger partial charge in [0.2, 0.25) is 0 Å². The Morgan fingerprint density at radius 2 is 1.76 bits per heavy atom. The van der Waals surface area contributed by atoms with E-state index in [9.17, 15) is 4.39 Å². The molecule has 0 saturated heterocycles. The summed E-state index contributed by atoms with van der Waals surface area (Å²) in [6, 6.07) is 10.8. The molecule has 6 aromatic rings. The highest BCUT2D eigenvalue weighted by Gasteiger charge is 2.17. The van der Waals surface area contributed by atoms with Gasteiger partial charge < -0.3 is 4.98 Å². The molecule has 0 radical (unpaired) electrons. The number of halogens is 1. The van der Waals surface area contributed by atoms with Crippen LogP contribution in [0, 0.1) is 19.7 Å². The predicted molar refractivity (Wildman–Crippen MR) is 125 cm³/mol. The van der Waals surface area contributed by atoms with Crippen molar-refractivity contribution in [3.8, 4) is 33.8 Å². The van der Waals surface area contributed by atoms with Crippen molar-refractivity contribution in [2.45, 2.75) is 13.8 Å². The van der Waals surface area contributed by atoms with Gasteiger partial charge in [0.25, 0.3) is 0 Å². The maximum absolute atomic E-state index is 14.1. The van der Waals surface area contributed by atoms with Crippen LogP contribution in [0.1, 0.15) is 11.1 Å². The number of H-pyrrole nitrogens is 2. The zero-order valence-corrected chi connectivity index (χ0v) is 17.9. The molecule has 0 aliphatic carbocycles. The van der Waals surface area contributed by atoms with Crippen LogP contribution >= 0.6 is 0 Å². The molecule has 5 aromatic heterocycles. The second-order valence-corrected chi connectivity index (χ2v) is 8.04. The second-order valence-electron chi connectivity index (χ2n) is 8.04. The van der Waals surface area contributed by atoms with Gasteiger partial charge in [-0.25, -0.2) is 19.3 Å². The Labute approximate surface area is 187 Å². The highest BCUT2D eigenvalue weighted by Crippen LogP contribution is 2.32. The van der Waals surface area contributed by atoms with E-state index in [0.29, 0.717) is 28.3 Å². The van der Waals surface area contributed by atoms with Crippen molar-refractivity contribution in [3.05, 3.63) is 78.1 Å². The van der Waals surface area contributed by atoms with E-state index in [1.807, 2.05) is 44.3 Å². The fraction of sp³-hybridized carbons (Fsp3) is 0.0800. The molecule has 33 heavy (non-hydrogen) atoms. The number of aryl methyl sites for hydroxylation is 2. The lowest BCUT2D eigenvalue weighted by Gasteiger charge is -2.04. The third kappa shape index (κ3) is 3.23. The normalized spacial score (nSPS) is 11.5. The third-order valence-electron chi connectivity index (χ3n) is 5.73. The molecule has 0 aliphatic rings. The van der Waals surface area contributed by atoms with Crippen LogP contribution in [0.5, 0.6) is 0 Å². The molecule has 5 heterocycles. The van der Waals surface area contributed by atoms with Crippen LogP contribution in [0.2, 0.25) is 0 Å². The Morgan fingerprint density at radius 3 is 2.61 bits per heavy atom. The van der Waals surface area contributed by atoms with E-state index in [0.717, 1.165) is 38.8 Å². The van der Waals surface area contributed by atoms with Crippen molar-refractivity contribution >= 4 is 22.2 Å². The van der Waals surface area contributed by atoms with Crippen LogP contribution in [0.3, 0.4) is 0 Å². The molecule has 1 aromatic carbocycles. The minimum atomic E-state index is -0.284. The number of aromatic amines is 2. The molecule has 0 unspecified atom stereocenters. The standard InChI is InChI=1S/C25H18FN7/c1-13-7-15(9-17(26)8-13)18-4-6-28-24-21(18)30-25(31-24)22-19-10-16(11-29-23(19)33-32-22)20-12-27-5-3-14(20)2/h3-12H,1-2H3,(H,28,30,31)(H,29,32,33). The topological polar surface area (TPSA) is 96.0 Å². The summed E-state index contributed by atoms with van der Waals surface area (Å²) in [6.45, 7) is 3.91. The van der Waals surface area contributed by atoms with Gasteiger partial charge in [0.15, 0.2) is 17.1 Å². The number of hydrogen-bond acceptors (Lipinski definition) is 5. The Morgan fingerprint density at radius 1 is 0.848 bits per heavy atom. The van der Waals surface area contributed by atoms with Gasteiger partial charge in [0, 0.05) is 41.5 Å². The van der Waals surface area contributed by atoms with E-state index in [1.165, 1.54) is 12.1 Å². The lowest BCUT2D eigenvalue weighted by molar-refractivity contribution is 0.627. The molecule has 160 valence electrons. The van der Waals surface area contributed by atoms with E-state index >= 15 is 0 Å². The molecule has 8 heteroatoms. The van der Waals surface area contributed by atoms with Gasteiger partial charge in [-0.3, -0.25) is 10.1 Å². The van der Waals surface area contributed by atoms with E-state index in [1.54, 1.807) is 18.6 Å². The first-order valence-corrected chi connectivity index (χ1v) is 10.4. The molecule has 0 aliphatic heterocycles. The van der Waals surface area contributed by atoms with Gasteiger partial charge in [-0.2, -0.15) is 5.10 Å². The maximum atomic E-state index is 14.1. The van der Waals surface area contributed by atoms with Crippen molar-refractivity contribution < 1.29 is 4.39 Å². The van der Waals surface area contributed by atoms with Crippen LogP contribution in [0.4, 0.5) is 4.39 Å². The van der Waals surface area contributed by atoms with E-state index < -0.39 is 0 Å². The first kappa shape index (κ1) is 19.2. The zero-order valence-electron chi connectivity index (χ0n) is 17.9. The average Bonchev–Trinajstić information content (AvgIpc) is 3.42. The Balaban J connectivity index is 1.52. The Bertz CT molecular complexity index is 1640. The number of nitrogens with zero attached hydrogens (tertiary/aromatic N) is 5. The van der Waals surface area contributed by atoms with E-state index in [-0.39, 0.29) is 5.82 Å². The molecule has 6 rings (SSSR count). The van der Waals surface area contributed by atoms with Gasteiger partial charge in [0.05, 0.1) is 5.39 Å². The molecular formula is C25H18FN7. The van der Waals surface area contributed by atoms with Gasteiger partial charge in [0.1, 0.15) is 17.0 Å². The summed E-state index contributed by atoms with van der Waals surface area (Å²) in [5, 5.41) is 8.27. The molecule has 7 nitrogen and oxygen atoms in total. The van der Waals surface area contributed by atoms with E-state index in [2.05, 4.69) is 30.1 Å². The lowest BCUT2D eigenvalue weighted by atomic mass is 10.0. The van der Waals surface area contributed by atoms with Crippen molar-refractivity contribution in [1.82, 2.24) is 35.1 Å². The monoisotopic (exact) mass is 435 g/mol. The van der Waals surface area contributed by atoms with Crippen LogP contribution in [0.25, 0.3) is 56.0 Å². The quantitative estimate of drug-likeness (QED) is 0.389. The number of hydrogen-bond donors (Lipinski definition) is 2. The average molecular weight is 435 g/mol. The minimum absolute atomic E-state index is 0.284. The van der Waals surface area contributed by atoms with Crippen molar-refractivity contribution in [3.63, 3.8) is 0 Å². The largest absolute Gasteiger partial charge is 0.321 e. The minimum Gasteiger partial charge on any atom is -0.321 e. The summed E-state index contributed by atoms with van der Waals surface area (Å²) in [5.74, 6) is 0.277. The van der Waals surface area contributed by atoms with Crippen LogP contribution < -0.4 is 0 Å². The summed E-state index contributed by atoms with van der Waals surface area (Å²) >= 11 is 0. The van der Waals surface area contributed by atoms with Gasteiger partial charge in [-0.05, 0) is 60.9 Å². The fourth-order valence-corrected chi connectivity index (χ4v) is 4.14. The number of imidazole rings is 1. The molecular weight excluding hydrogens is 417 g/mol. The number of aromatic nitrogens is 7. The number of benzene rings is 1. The summed E-state index contributed by atoms with van der Waals surface area (Å²) < 4.78 is 14.1. The highest BCUT2D eigenvalue weighted by molar-refractivity contribution is 5.96. The lowest BCUT2D eigenvalue weighted by Crippen LogP contribution is -1.87. The van der Waals surface area contributed by atoms with Crippen LogP contribution in [0.15, 0.2) is 61.2 Å². The number of rotatable bonds is 3. The molecule has 0 atom stereocenters. The second kappa shape index (κ2) is 7.30. The Kier molecular flexibility index (Phi) is 4.26. The van der Waals surface area contributed by atoms with Crippen molar-refractivity contribution in [2.75, 3.05) is 0 Å². The highest BCUT2D eigenvalue weighted by atomic mass is 19.1. The van der Waals surface area contributed by atoms with Crippen LogP contribution in [-0.2, 0) is 0 Å². The van der Waals surface area contributed by atoms with Gasteiger partial charge >= 0.3 is 0 Å². The maximum Gasteiger partial charge on any atom is 0.161 e. The smallest absolute Gasteiger partial charge is 0.161 e. The molecule has 0 amide bonds. The Hall–Kier alpha value is -4.46. The molecule has 0 fully saturated rings. The zero-order chi connectivity index (χ0) is 22.5. The number of nitrogens with one attached hydrogen (secondary N) is 2. The molecule has 2 N–H and O–H groups in total. The molecule has 0 spiro atoms. The first-order valence-electron chi connectivity index (χ1n) is 10.4. The van der Waals surface area contributed by atoms with Crippen LogP contribution in [-0.4, -0.2) is 35.1 Å². The van der Waals surface area contributed by atoms with Crippen molar-refractivity contribution in [2.24, 2.45) is 0 Å². The number of fused-ring (bicyclic) bond motifs is 2. The summed E-state index contributed by atoms with van der Waals surface area (Å²) in [6.07, 6.45) is 7.09. The fourth-order valence-electron chi connectivity index (χ4n) is 4.14. The van der Waals surface area contributed by atoms with E-state index in [4.69, 9.17) is 4.98 Å². The molecule has 0 bridgehead atoms.